The van der Waals surface area contributed by atoms with E-state index < -0.39 is 24.2 Å². The quantitative estimate of drug-likeness (QED) is 0.253. The van der Waals surface area contributed by atoms with E-state index in [1.807, 2.05) is 30.3 Å². The Morgan fingerprint density at radius 1 is 1.00 bits per heavy atom. The molecule has 0 fully saturated rings. The van der Waals surface area contributed by atoms with Crippen LogP contribution in [0.5, 0.6) is 0 Å². The highest BCUT2D eigenvalue weighted by atomic mass is 16.5. The van der Waals surface area contributed by atoms with Crippen molar-refractivity contribution < 1.29 is 19.4 Å². The molecule has 34 heavy (non-hydrogen) atoms. The highest BCUT2D eigenvalue weighted by Gasteiger charge is 2.22. The summed E-state index contributed by atoms with van der Waals surface area (Å²) in [6, 6.07) is 24.3. The Balaban J connectivity index is 1.54. The maximum atomic E-state index is 13.0. The van der Waals surface area contributed by atoms with Crippen molar-refractivity contribution in [2.75, 3.05) is 18.6 Å². The van der Waals surface area contributed by atoms with Gasteiger partial charge in [-0.1, -0.05) is 42.5 Å². The number of nitriles is 1. The fraction of sp³-hybridized carbons (Fsp3) is 0.0769. The number of imidazole rings is 1. The van der Waals surface area contributed by atoms with Gasteiger partial charge in [-0.25, -0.2) is 9.78 Å². The van der Waals surface area contributed by atoms with Crippen molar-refractivity contribution in [3.63, 3.8) is 0 Å². The van der Waals surface area contributed by atoms with Crippen LogP contribution in [0.3, 0.4) is 0 Å². The van der Waals surface area contributed by atoms with Gasteiger partial charge in [0.1, 0.15) is 18.2 Å². The molecule has 0 aliphatic rings. The van der Waals surface area contributed by atoms with Gasteiger partial charge in [0.15, 0.2) is 11.6 Å². The van der Waals surface area contributed by atoms with Crippen LogP contribution < -0.4 is 4.90 Å². The summed E-state index contributed by atoms with van der Waals surface area (Å²) in [4.78, 5) is 34.5. The Hall–Kier alpha value is -4.90. The Morgan fingerprint density at radius 3 is 2.35 bits per heavy atom. The van der Waals surface area contributed by atoms with E-state index >= 15 is 0 Å². The van der Waals surface area contributed by atoms with Crippen molar-refractivity contribution in [1.29, 1.82) is 5.26 Å². The number of allylic oxidation sites excluding steroid dienone is 1. The number of para-hydroxylation sites is 3. The number of aliphatic hydroxyl groups excluding tert-OH is 1. The Bertz CT molecular complexity index is 1400. The Morgan fingerprint density at radius 2 is 1.65 bits per heavy atom. The third kappa shape index (κ3) is 4.49. The number of nitrogens with zero attached hydrogens (tertiary/aromatic N) is 3. The molecular weight excluding hydrogens is 432 g/mol. The number of esters is 1. The molecule has 0 aliphatic carbocycles. The maximum Gasteiger partial charge on any atom is 0.339 e. The topological polar surface area (TPSA) is 119 Å². The van der Waals surface area contributed by atoms with Crippen LogP contribution in [0.4, 0.5) is 5.69 Å². The fourth-order valence-corrected chi connectivity index (χ4v) is 3.41. The molecule has 1 aromatic heterocycles. The van der Waals surface area contributed by atoms with E-state index in [1.54, 1.807) is 49.5 Å². The molecule has 4 aromatic rings. The van der Waals surface area contributed by atoms with Crippen LogP contribution in [0, 0.1) is 11.3 Å². The predicted molar refractivity (Wildman–Crippen MR) is 127 cm³/mol. The lowest BCUT2D eigenvalue weighted by Gasteiger charge is -2.18. The zero-order valence-electron chi connectivity index (χ0n) is 18.2. The van der Waals surface area contributed by atoms with Crippen molar-refractivity contribution in [3.05, 3.63) is 102 Å². The molecule has 0 radical (unpaired) electrons. The van der Waals surface area contributed by atoms with Crippen molar-refractivity contribution in [2.24, 2.45) is 0 Å². The van der Waals surface area contributed by atoms with Crippen molar-refractivity contribution in [1.82, 2.24) is 9.97 Å². The number of nitrogens with one attached hydrogen (secondary N) is 1. The van der Waals surface area contributed by atoms with Crippen LogP contribution in [-0.4, -0.2) is 40.6 Å². The molecule has 8 nitrogen and oxygen atoms in total. The van der Waals surface area contributed by atoms with E-state index in [0.717, 1.165) is 0 Å². The van der Waals surface area contributed by atoms with Crippen molar-refractivity contribution in [3.8, 4) is 6.07 Å². The van der Waals surface area contributed by atoms with Gasteiger partial charge in [0.05, 0.1) is 22.2 Å². The summed E-state index contributed by atoms with van der Waals surface area (Å²) in [7, 11) is 1.61. The van der Waals surface area contributed by atoms with Crippen LogP contribution in [0.25, 0.3) is 16.6 Å². The average molecular weight is 452 g/mol. The third-order valence-corrected chi connectivity index (χ3v) is 5.19. The van der Waals surface area contributed by atoms with Gasteiger partial charge >= 0.3 is 5.97 Å². The summed E-state index contributed by atoms with van der Waals surface area (Å²) < 4.78 is 5.23. The lowest BCUT2D eigenvalue weighted by Crippen LogP contribution is -2.28. The number of hydrogen-bond acceptors (Lipinski definition) is 6. The molecule has 2 N–H and O–H groups in total. The number of ether oxygens (including phenoxy) is 1. The number of anilines is 1. The number of H-pyrrole nitrogens is 1. The molecule has 3 aromatic carbocycles. The summed E-state index contributed by atoms with van der Waals surface area (Å²) in [6.07, 6.45) is 0. The largest absolute Gasteiger partial charge is 0.507 e. The van der Waals surface area contributed by atoms with Crippen LogP contribution in [0.2, 0.25) is 0 Å². The van der Waals surface area contributed by atoms with E-state index in [0.29, 0.717) is 16.7 Å². The summed E-state index contributed by atoms with van der Waals surface area (Å²) in [5, 5.41) is 20.0. The zero-order valence-corrected chi connectivity index (χ0v) is 18.2. The highest BCUT2D eigenvalue weighted by Crippen LogP contribution is 2.21. The van der Waals surface area contributed by atoms with Gasteiger partial charge in [-0.05, 0) is 36.4 Å². The number of amides is 1. The average Bonchev–Trinajstić information content (AvgIpc) is 3.31. The third-order valence-electron chi connectivity index (χ3n) is 5.19. The highest BCUT2D eigenvalue weighted by molar-refractivity contribution is 6.12. The standard InChI is InChI=1S/C26H20N4O4/c1-30(17-9-3-2-4-10-17)25(32)18-11-5-6-12-19(18)26(33)34-16-23(31)20(15-27)24-28-21-13-7-8-14-22(21)29-24/h2-14,31H,16H2,1H3,(H,28,29)/b23-20-. The molecule has 168 valence electrons. The second kappa shape index (κ2) is 9.71. The first-order valence-corrected chi connectivity index (χ1v) is 10.4. The van der Waals surface area contributed by atoms with Crippen LogP contribution in [-0.2, 0) is 4.74 Å². The monoisotopic (exact) mass is 452 g/mol. The van der Waals surface area contributed by atoms with E-state index in [1.165, 1.54) is 17.0 Å². The van der Waals surface area contributed by atoms with E-state index in [9.17, 15) is 20.0 Å². The number of carbonyl (C=O) groups is 2. The lowest BCUT2D eigenvalue weighted by molar-refractivity contribution is 0.0500. The van der Waals surface area contributed by atoms with Crippen LogP contribution in [0.1, 0.15) is 26.5 Å². The first-order valence-electron chi connectivity index (χ1n) is 10.4. The lowest BCUT2D eigenvalue weighted by atomic mass is 10.1. The first-order chi connectivity index (χ1) is 16.5. The van der Waals surface area contributed by atoms with Gasteiger partial charge < -0.3 is 19.7 Å². The Labute approximate surface area is 195 Å². The Kier molecular flexibility index (Phi) is 6.37. The molecule has 0 saturated heterocycles. The molecule has 0 bridgehead atoms. The van der Waals surface area contributed by atoms with Gasteiger partial charge in [0.2, 0.25) is 0 Å². The zero-order chi connectivity index (χ0) is 24.1. The molecule has 0 saturated carbocycles. The number of aliphatic hydroxyl groups is 1. The molecule has 1 amide bonds. The second-order valence-electron chi connectivity index (χ2n) is 7.36. The number of benzene rings is 3. The van der Waals surface area contributed by atoms with Gasteiger partial charge in [0.25, 0.3) is 5.91 Å². The number of aromatic nitrogens is 2. The van der Waals surface area contributed by atoms with Gasteiger partial charge in [-0.3, -0.25) is 4.79 Å². The van der Waals surface area contributed by atoms with E-state index in [4.69, 9.17) is 4.74 Å². The number of fused-ring (bicyclic) bond motifs is 1. The summed E-state index contributed by atoms with van der Waals surface area (Å²) in [6.45, 7) is -0.560. The molecular formula is C26H20N4O4. The number of rotatable bonds is 6. The number of aromatic amines is 1. The molecule has 1 heterocycles. The summed E-state index contributed by atoms with van der Waals surface area (Å²) in [5.74, 6) is -1.49. The minimum atomic E-state index is -0.807. The second-order valence-corrected chi connectivity index (χ2v) is 7.36. The normalized spacial score (nSPS) is 11.4. The molecule has 0 spiro atoms. The van der Waals surface area contributed by atoms with Gasteiger partial charge in [-0.2, -0.15) is 5.26 Å². The minimum Gasteiger partial charge on any atom is -0.507 e. The maximum absolute atomic E-state index is 13.0. The van der Waals surface area contributed by atoms with Crippen LogP contribution >= 0.6 is 0 Å². The first kappa shape index (κ1) is 22.3. The van der Waals surface area contributed by atoms with Crippen molar-refractivity contribution >= 4 is 34.2 Å². The molecule has 4 rings (SSSR count). The fourth-order valence-electron chi connectivity index (χ4n) is 3.41. The summed E-state index contributed by atoms with van der Waals surface area (Å²) >= 11 is 0. The molecule has 0 unspecified atom stereocenters. The summed E-state index contributed by atoms with van der Waals surface area (Å²) in [5.41, 5.74) is 2.05. The van der Waals surface area contributed by atoms with Gasteiger partial charge in [0, 0.05) is 12.7 Å². The predicted octanol–water partition coefficient (Wildman–Crippen LogP) is 4.49. The molecule has 8 heteroatoms. The number of carbonyl (C=O) groups excluding carboxylic acids is 2. The molecule has 0 atom stereocenters. The van der Waals surface area contributed by atoms with E-state index in [2.05, 4.69) is 9.97 Å². The van der Waals surface area contributed by atoms with Crippen LogP contribution in [0.15, 0.2) is 84.6 Å². The SMILES string of the molecule is CN(C(=O)c1ccccc1C(=O)OC/C(O)=C(\C#N)c1nc2ccccc2[nH]1)c1ccccc1. The minimum absolute atomic E-state index is 0.0466. The van der Waals surface area contributed by atoms with Crippen molar-refractivity contribution in [2.45, 2.75) is 0 Å². The number of hydrogen-bond donors (Lipinski definition) is 2. The molecule has 0 aliphatic heterocycles. The van der Waals surface area contributed by atoms with Gasteiger partial charge in [-0.15, -0.1) is 0 Å². The smallest absolute Gasteiger partial charge is 0.339 e. The van der Waals surface area contributed by atoms with E-state index in [-0.39, 0.29) is 22.5 Å².